The Morgan fingerprint density at radius 2 is 1.73 bits per heavy atom. The highest BCUT2D eigenvalue weighted by molar-refractivity contribution is 7.18. The van der Waals surface area contributed by atoms with Crippen LogP contribution >= 0.6 is 11.3 Å². The van der Waals surface area contributed by atoms with Gasteiger partial charge in [0.15, 0.2) is 0 Å². The van der Waals surface area contributed by atoms with E-state index in [9.17, 15) is 22.8 Å². The zero-order valence-electron chi connectivity index (χ0n) is 22.4. The monoisotopic (exact) mass is 569 g/mol. The van der Waals surface area contributed by atoms with Crippen LogP contribution in [0.15, 0.2) is 60.9 Å². The molecule has 0 atom stereocenters. The van der Waals surface area contributed by atoms with Gasteiger partial charge in [-0.05, 0) is 63.3 Å². The average molecular weight is 570 g/mol. The van der Waals surface area contributed by atoms with Crippen LogP contribution in [0.3, 0.4) is 0 Å². The van der Waals surface area contributed by atoms with E-state index in [4.69, 9.17) is 4.74 Å². The third-order valence-corrected chi connectivity index (χ3v) is 8.62. The number of hydrogen-bond acceptors (Lipinski definition) is 5. The van der Waals surface area contributed by atoms with Gasteiger partial charge in [0.1, 0.15) is 10.5 Å². The minimum atomic E-state index is -4.24. The number of aromatic nitrogens is 2. The molecule has 1 aliphatic carbocycles. The van der Waals surface area contributed by atoms with Gasteiger partial charge in [0, 0.05) is 34.8 Å². The number of thiophene rings is 1. The Kier molecular flexibility index (Phi) is 7.72. The van der Waals surface area contributed by atoms with Crippen molar-refractivity contribution in [1.82, 2.24) is 9.38 Å². The van der Waals surface area contributed by atoms with Gasteiger partial charge in [0.2, 0.25) is 5.91 Å². The SMILES string of the molecule is COC(=O)c1sc(-c2ccc(-c3cn4ccccc4n3)cc2)cc1N(C(=O)C1CCC(C(F)(F)F)CC1)C(C)C. The molecular weight excluding hydrogens is 539 g/mol. The zero-order chi connectivity index (χ0) is 28.6. The summed E-state index contributed by atoms with van der Waals surface area (Å²) < 4.78 is 46.5. The number of esters is 1. The van der Waals surface area contributed by atoms with Gasteiger partial charge in [0.25, 0.3) is 0 Å². The Morgan fingerprint density at radius 1 is 1.05 bits per heavy atom. The highest BCUT2D eigenvalue weighted by Crippen LogP contribution is 2.43. The van der Waals surface area contributed by atoms with E-state index in [0.29, 0.717) is 5.69 Å². The Bertz CT molecular complexity index is 1480. The van der Waals surface area contributed by atoms with Gasteiger partial charge in [-0.25, -0.2) is 9.78 Å². The summed E-state index contributed by atoms with van der Waals surface area (Å²) in [5, 5.41) is 0. The fourth-order valence-electron chi connectivity index (χ4n) is 5.34. The number of imidazole rings is 1. The maximum Gasteiger partial charge on any atom is 0.391 e. The molecule has 0 bridgehead atoms. The lowest BCUT2D eigenvalue weighted by Gasteiger charge is -2.34. The first-order valence-electron chi connectivity index (χ1n) is 13.2. The second-order valence-corrected chi connectivity index (χ2v) is 11.4. The summed E-state index contributed by atoms with van der Waals surface area (Å²) >= 11 is 1.23. The molecular formula is C30H30F3N3O3S. The zero-order valence-corrected chi connectivity index (χ0v) is 23.3. The first-order valence-corrected chi connectivity index (χ1v) is 14.0. The predicted molar refractivity (Wildman–Crippen MR) is 149 cm³/mol. The smallest absolute Gasteiger partial charge is 0.391 e. The van der Waals surface area contributed by atoms with Gasteiger partial charge in [0.05, 0.1) is 24.4 Å². The van der Waals surface area contributed by atoms with Crippen LogP contribution in [-0.2, 0) is 9.53 Å². The number of methoxy groups -OCH3 is 1. The number of carbonyl (C=O) groups excluding carboxylic acids is 2. The third-order valence-electron chi connectivity index (χ3n) is 7.47. The summed E-state index contributed by atoms with van der Waals surface area (Å²) in [6, 6.07) is 15.1. The first kappa shape index (κ1) is 27.9. The Labute approximate surface area is 234 Å². The molecule has 0 aliphatic heterocycles. The van der Waals surface area contributed by atoms with Crippen molar-refractivity contribution in [2.24, 2.45) is 11.8 Å². The van der Waals surface area contributed by atoms with E-state index in [1.807, 2.05) is 73.1 Å². The fourth-order valence-corrected chi connectivity index (χ4v) is 6.41. The minimum absolute atomic E-state index is 0.0662. The van der Waals surface area contributed by atoms with Gasteiger partial charge in [-0.1, -0.05) is 30.3 Å². The van der Waals surface area contributed by atoms with E-state index in [1.165, 1.54) is 18.4 Å². The van der Waals surface area contributed by atoms with Crippen molar-refractivity contribution in [1.29, 1.82) is 0 Å². The van der Waals surface area contributed by atoms with Gasteiger partial charge in [-0.15, -0.1) is 11.3 Å². The van der Waals surface area contributed by atoms with Crippen LogP contribution in [0.4, 0.5) is 18.9 Å². The standard InChI is InChI=1S/C30H30F3N3O3S/c1-18(2)36(28(37)21-11-13-22(14-12-21)30(31,32)33)24-16-25(40-27(24)29(38)39-3)20-9-7-19(8-10-20)23-17-35-15-5-4-6-26(35)34-23/h4-10,15-18,21-22H,11-14H2,1-3H3. The number of nitrogens with zero attached hydrogens (tertiary/aromatic N) is 3. The van der Waals surface area contributed by atoms with Crippen LogP contribution in [-0.4, -0.2) is 40.6 Å². The lowest BCUT2D eigenvalue weighted by molar-refractivity contribution is -0.184. The van der Waals surface area contributed by atoms with Crippen molar-refractivity contribution in [3.05, 3.63) is 65.8 Å². The normalized spacial score (nSPS) is 17.8. The summed E-state index contributed by atoms with van der Waals surface area (Å²) in [6.07, 6.45) is -0.148. The van der Waals surface area contributed by atoms with Gasteiger partial charge in [-0.2, -0.15) is 13.2 Å². The van der Waals surface area contributed by atoms with Gasteiger partial charge >= 0.3 is 12.1 Å². The summed E-state index contributed by atoms with van der Waals surface area (Å²) in [4.78, 5) is 33.7. The highest BCUT2D eigenvalue weighted by atomic mass is 32.1. The van der Waals surface area contributed by atoms with Crippen molar-refractivity contribution in [2.75, 3.05) is 12.0 Å². The predicted octanol–water partition coefficient (Wildman–Crippen LogP) is 7.63. The van der Waals surface area contributed by atoms with Gasteiger partial charge < -0.3 is 14.0 Å². The molecule has 10 heteroatoms. The van der Waals surface area contributed by atoms with Crippen LogP contribution in [0.2, 0.25) is 0 Å². The molecule has 0 saturated heterocycles. The number of alkyl halides is 3. The minimum Gasteiger partial charge on any atom is -0.465 e. The topological polar surface area (TPSA) is 63.9 Å². The van der Waals surface area contributed by atoms with Crippen LogP contribution in [0, 0.1) is 11.8 Å². The lowest BCUT2D eigenvalue weighted by atomic mass is 9.81. The first-order chi connectivity index (χ1) is 19.1. The lowest BCUT2D eigenvalue weighted by Crippen LogP contribution is -2.43. The molecule has 0 N–H and O–H groups in total. The second kappa shape index (κ2) is 11.1. The second-order valence-electron chi connectivity index (χ2n) is 10.4. The molecule has 210 valence electrons. The van der Waals surface area contributed by atoms with Crippen molar-refractivity contribution in [3.63, 3.8) is 0 Å². The van der Waals surface area contributed by atoms with E-state index in [1.54, 1.807) is 11.0 Å². The number of hydrogen-bond donors (Lipinski definition) is 0. The Morgan fingerprint density at radius 3 is 2.33 bits per heavy atom. The van der Waals surface area contributed by atoms with Gasteiger partial charge in [-0.3, -0.25) is 4.79 Å². The van der Waals surface area contributed by atoms with Crippen molar-refractivity contribution < 1.29 is 27.5 Å². The number of halogens is 3. The van der Waals surface area contributed by atoms with E-state index < -0.39 is 24.0 Å². The maximum absolute atomic E-state index is 13.7. The average Bonchev–Trinajstić information content (AvgIpc) is 3.57. The molecule has 3 aromatic heterocycles. The van der Waals surface area contributed by atoms with E-state index in [-0.39, 0.29) is 42.5 Å². The molecule has 0 radical (unpaired) electrons. The molecule has 5 rings (SSSR count). The number of rotatable bonds is 6. The molecule has 1 saturated carbocycles. The van der Waals surface area contributed by atoms with Crippen LogP contribution in [0.1, 0.15) is 49.2 Å². The molecule has 6 nitrogen and oxygen atoms in total. The summed E-state index contributed by atoms with van der Waals surface area (Å²) in [5.74, 6) is -2.72. The highest BCUT2D eigenvalue weighted by Gasteiger charge is 2.43. The number of amides is 1. The molecule has 0 unspecified atom stereocenters. The van der Waals surface area contributed by atoms with E-state index in [0.717, 1.165) is 27.3 Å². The molecule has 40 heavy (non-hydrogen) atoms. The van der Waals surface area contributed by atoms with E-state index in [2.05, 4.69) is 4.98 Å². The van der Waals surface area contributed by atoms with E-state index >= 15 is 0 Å². The Hall–Kier alpha value is -3.66. The summed E-state index contributed by atoms with van der Waals surface area (Å²) in [7, 11) is 1.29. The maximum atomic E-state index is 13.7. The molecule has 1 aromatic carbocycles. The number of benzene rings is 1. The third kappa shape index (κ3) is 5.50. The summed E-state index contributed by atoms with van der Waals surface area (Å²) in [5.41, 5.74) is 3.89. The molecule has 1 fully saturated rings. The van der Waals surface area contributed by atoms with Crippen molar-refractivity contribution >= 4 is 34.5 Å². The molecule has 0 spiro atoms. The van der Waals surface area contributed by atoms with Crippen LogP contribution in [0.5, 0.6) is 0 Å². The summed E-state index contributed by atoms with van der Waals surface area (Å²) in [6.45, 7) is 3.67. The fraction of sp³-hybridized carbons (Fsp3) is 0.367. The van der Waals surface area contributed by atoms with Crippen LogP contribution in [0.25, 0.3) is 27.3 Å². The quantitative estimate of drug-likeness (QED) is 0.224. The molecule has 4 aromatic rings. The van der Waals surface area contributed by atoms with Crippen LogP contribution < -0.4 is 4.90 Å². The van der Waals surface area contributed by atoms with Crippen molar-refractivity contribution in [2.45, 2.75) is 51.7 Å². The van der Waals surface area contributed by atoms with Crippen molar-refractivity contribution in [3.8, 4) is 21.7 Å². The number of pyridine rings is 1. The number of fused-ring (bicyclic) bond motifs is 1. The number of anilines is 1. The Balaban J connectivity index is 1.44. The molecule has 3 heterocycles. The largest absolute Gasteiger partial charge is 0.465 e. The number of carbonyl (C=O) groups is 2. The molecule has 1 aliphatic rings. The number of ether oxygens (including phenoxy) is 1. The molecule has 1 amide bonds.